The highest BCUT2D eigenvalue weighted by atomic mass is 16.7. The molecule has 0 aliphatic carbocycles. The van der Waals surface area contributed by atoms with Gasteiger partial charge in [-0.3, -0.25) is 9.59 Å². The minimum absolute atomic E-state index is 0.0365. The highest BCUT2D eigenvalue weighted by Gasteiger charge is 2.35. The van der Waals surface area contributed by atoms with E-state index in [2.05, 4.69) is 22.6 Å². The Kier molecular flexibility index (Phi) is 6.96. The number of hydrogen-bond acceptors (Lipinski definition) is 8. The van der Waals surface area contributed by atoms with Gasteiger partial charge in [0.1, 0.15) is 0 Å². The average Bonchev–Trinajstić information content (AvgIpc) is 2.42. The summed E-state index contributed by atoms with van der Waals surface area (Å²) in [6, 6.07) is 0. The van der Waals surface area contributed by atoms with E-state index in [0.717, 1.165) is 13.8 Å². The molecule has 0 heterocycles. The Balaban J connectivity index is 4.86. The van der Waals surface area contributed by atoms with Gasteiger partial charge in [-0.1, -0.05) is 13.2 Å². The van der Waals surface area contributed by atoms with Gasteiger partial charge in [0.25, 0.3) is 11.6 Å². The van der Waals surface area contributed by atoms with Crippen LogP contribution in [0.15, 0.2) is 36.5 Å². The smallest absolute Gasteiger partial charge is 0.333 e. The standard InChI is InChI=1S/C16H20O8/c1-9(2)13(19)15(5,21)23-11(17)7-8-12(18)24-16(6,22)14(20)10(3)4/h7-8,21-22H,1,3H2,2,4-6H3/b8-7-. The summed E-state index contributed by atoms with van der Waals surface area (Å²) < 4.78 is 8.99. The van der Waals surface area contributed by atoms with Crippen molar-refractivity contribution in [2.45, 2.75) is 39.3 Å². The lowest BCUT2D eigenvalue weighted by Gasteiger charge is -2.21. The monoisotopic (exact) mass is 340 g/mol. The van der Waals surface area contributed by atoms with E-state index < -0.39 is 35.1 Å². The first-order valence-corrected chi connectivity index (χ1v) is 6.70. The van der Waals surface area contributed by atoms with Crippen LogP contribution in [0.1, 0.15) is 27.7 Å². The summed E-state index contributed by atoms with van der Waals surface area (Å²) in [6.07, 6.45) is 1.12. The van der Waals surface area contributed by atoms with Crippen LogP contribution >= 0.6 is 0 Å². The number of Topliss-reactive ketones (excluding diaryl/α,β-unsaturated/α-hetero) is 2. The van der Waals surface area contributed by atoms with Crippen LogP contribution in [-0.2, 0) is 28.7 Å². The van der Waals surface area contributed by atoms with Gasteiger partial charge in [-0.15, -0.1) is 0 Å². The summed E-state index contributed by atoms with van der Waals surface area (Å²) in [5, 5.41) is 19.4. The Morgan fingerprint density at radius 1 is 0.792 bits per heavy atom. The number of hydrogen-bond donors (Lipinski definition) is 2. The van der Waals surface area contributed by atoms with E-state index >= 15 is 0 Å². The number of esters is 2. The third-order valence-electron chi connectivity index (χ3n) is 2.57. The molecule has 0 aromatic heterocycles. The molecule has 0 radical (unpaired) electrons. The summed E-state index contributed by atoms with van der Waals surface area (Å²) in [7, 11) is 0. The fourth-order valence-electron chi connectivity index (χ4n) is 1.48. The first-order chi connectivity index (χ1) is 10.7. The number of carbonyl (C=O) groups is 4. The van der Waals surface area contributed by atoms with Crippen molar-refractivity contribution in [3.05, 3.63) is 36.5 Å². The van der Waals surface area contributed by atoms with Gasteiger partial charge in [0, 0.05) is 26.0 Å². The maximum atomic E-state index is 11.5. The van der Waals surface area contributed by atoms with Crippen LogP contribution in [0, 0.1) is 0 Å². The van der Waals surface area contributed by atoms with Crippen LogP contribution in [-0.4, -0.2) is 45.3 Å². The van der Waals surface area contributed by atoms with Crippen LogP contribution in [0.2, 0.25) is 0 Å². The molecule has 2 N–H and O–H groups in total. The molecule has 0 bridgehead atoms. The summed E-state index contributed by atoms with van der Waals surface area (Å²) >= 11 is 0. The van der Waals surface area contributed by atoms with Gasteiger partial charge in [-0.25, -0.2) is 9.59 Å². The van der Waals surface area contributed by atoms with Crippen molar-refractivity contribution in [1.82, 2.24) is 0 Å². The normalized spacial score (nSPS) is 15.8. The van der Waals surface area contributed by atoms with Crippen molar-refractivity contribution in [2.24, 2.45) is 0 Å². The molecule has 0 saturated heterocycles. The van der Waals surface area contributed by atoms with Crippen LogP contribution in [0.3, 0.4) is 0 Å². The van der Waals surface area contributed by atoms with Crippen molar-refractivity contribution in [3.63, 3.8) is 0 Å². The minimum Gasteiger partial charge on any atom is -0.422 e. The fraction of sp³-hybridized carbons (Fsp3) is 0.375. The minimum atomic E-state index is -2.45. The van der Waals surface area contributed by atoms with Gasteiger partial charge in [0.2, 0.25) is 11.6 Å². The van der Waals surface area contributed by atoms with Gasteiger partial charge >= 0.3 is 11.9 Å². The lowest BCUT2D eigenvalue weighted by atomic mass is 10.1. The Morgan fingerprint density at radius 2 is 1.04 bits per heavy atom. The van der Waals surface area contributed by atoms with Gasteiger partial charge in [0.05, 0.1) is 0 Å². The highest BCUT2D eigenvalue weighted by molar-refractivity contribution is 6.02. The number of carbonyl (C=O) groups excluding carboxylic acids is 4. The summed E-state index contributed by atoms with van der Waals surface area (Å²) in [6.45, 7) is 11.1. The van der Waals surface area contributed by atoms with E-state index in [9.17, 15) is 29.4 Å². The molecule has 8 nitrogen and oxygen atoms in total. The lowest BCUT2D eigenvalue weighted by Crippen LogP contribution is -2.41. The molecule has 0 aliphatic rings. The second-order valence-electron chi connectivity index (χ2n) is 5.36. The zero-order chi connectivity index (χ0) is 19.3. The van der Waals surface area contributed by atoms with Crippen molar-refractivity contribution < 1.29 is 38.9 Å². The van der Waals surface area contributed by atoms with Crippen molar-refractivity contribution >= 4 is 23.5 Å². The first-order valence-electron chi connectivity index (χ1n) is 6.70. The molecular weight excluding hydrogens is 320 g/mol. The van der Waals surface area contributed by atoms with Crippen molar-refractivity contribution in [2.75, 3.05) is 0 Å². The second kappa shape index (κ2) is 7.80. The van der Waals surface area contributed by atoms with Crippen LogP contribution in [0.25, 0.3) is 0 Å². The van der Waals surface area contributed by atoms with Crippen molar-refractivity contribution in [1.29, 1.82) is 0 Å². The van der Waals surface area contributed by atoms with E-state index in [1.54, 1.807) is 0 Å². The van der Waals surface area contributed by atoms with E-state index in [0.29, 0.717) is 12.2 Å². The topological polar surface area (TPSA) is 127 Å². The quantitative estimate of drug-likeness (QED) is 0.368. The van der Waals surface area contributed by atoms with Gasteiger partial charge in [0.15, 0.2) is 0 Å². The Hall–Kier alpha value is -2.58. The molecule has 24 heavy (non-hydrogen) atoms. The number of rotatable bonds is 8. The second-order valence-corrected chi connectivity index (χ2v) is 5.36. The van der Waals surface area contributed by atoms with Crippen LogP contribution in [0.4, 0.5) is 0 Å². The number of aliphatic hydroxyl groups is 2. The SMILES string of the molecule is C=C(C)C(=O)C(C)(O)OC(=O)/C=C\C(=O)OC(C)(O)C(=O)C(=C)C. The predicted molar refractivity (Wildman–Crippen MR) is 82.2 cm³/mol. The molecule has 2 unspecified atom stereocenters. The Morgan fingerprint density at radius 3 is 1.25 bits per heavy atom. The predicted octanol–water partition coefficient (Wildman–Crippen LogP) is 0.336. The maximum absolute atomic E-state index is 11.5. The number of ketones is 2. The third kappa shape index (κ3) is 6.27. The largest absolute Gasteiger partial charge is 0.422 e. The molecule has 0 aromatic carbocycles. The molecule has 0 fully saturated rings. The summed E-state index contributed by atoms with van der Waals surface area (Å²) in [4.78, 5) is 46.1. The zero-order valence-electron chi connectivity index (χ0n) is 13.9. The molecule has 0 saturated carbocycles. The highest BCUT2D eigenvalue weighted by Crippen LogP contribution is 2.14. The summed E-state index contributed by atoms with van der Waals surface area (Å²) in [5.41, 5.74) is -0.0731. The van der Waals surface area contributed by atoms with Crippen LogP contribution in [0.5, 0.6) is 0 Å². The van der Waals surface area contributed by atoms with Gasteiger partial charge in [-0.2, -0.15) is 0 Å². The Labute approximate surface area is 139 Å². The molecule has 2 atom stereocenters. The molecule has 8 heteroatoms. The first kappa shape index (κ1) is 21.4. The molecular formula is C16H20O8. The van der Waals surface area contributed by atoms with E-state index in [-0.39, 0.29) is 11.1 Å². The molecule has 132 valence electrons. The third-order valence-corrected chi connectivity index (χ3v) is 2.57. The van der Waals surface area contributed by atoms with E-state index in [4.69, 9.17) is 0 Å². The number of ether oxygens (including phenoxy) is 2. The maximum Gasteiger partial charge on any atom is 0.333 e. The zero-order valence-corrected chi connectivity index (χ0v) is 13.9. The molecule has 0 aliphatic heterocycles. The summed E-state index contributed by atoms with van der Waals surface area (Å²) in [5.74, 6) is -9.17. The molecule has 0 aromatic rings. The van der Waals surface area contributed by atoms with Gasteiger partial charge < -0.3 is 19.7 Å². The molecule has 0 amide bonds. The lowest BCUT2D eigenvalue weighted by molar-refractivity contribution is -0.199. The van der Waals surface area contributed by atoms with E-state index in [1.165, 1.54) is 13.8 Å². The van der Waals surface area contributed by atoms with Crippen molar-refractivity contribution in [3.8, 4) is 0 Å². The fourth-order valence-corrected chi connectivity index (χ4v) is 1.48. The van der Waals surface area contributed by atoms with Crippen LogP contribution < -0.4 is 0 Å². The van der Waals surface area contributed by atoms with Gasteiger partial charge in [-0.05, 0) is 25.0 Å². The average molecular weight is 340 g/mol. The Bertz CT molecular complexity index is 568. The van der Waals surface area contributed by atoms with E-state index in [1.807, 2.05) is 0 Å². The molecule has 0 rings (SSSR count). The molecule has 0 spiro atoms.